The number of hydrogen-bond acceptors (Lipinski definition) is 2. The Morgan fingerprint density at radius 1 is 1.17 bits per heavy atom. The maximum Gasteiger partial charge on any atom is 0.317 e. The molecule has 5 heteroatoms. The van der Waals surface area contributed by atoms with E-state index in [4.69, 9.17) is 8.42 Å². The Hall–Kier alpha value is 0.530. The minimum absolute atomic E-state index is 0. The van der Waals surface area contributed by atoms with Gasteiger partial charge in [0.1, 0.15) is 0 Å². The van der Waals surface area contributed by atoms with Crippen LogP contribution in [-0.2, 0) is 8.26 Å². The summed E-state index contributed by atoms with van der Waals surface area (Å²) in [6.07, 6.45) is 0. The Labute approximate surface area is 46.0 Å². The van der Waals surface area contributed by atoms with Crippen molar-refractivity contribution in [3.8, 4) is 0 Å². The van der Waals surface area contributed by atoms with Crippen LogP contribution in [0.3, 0.4) is 0 Å². The summed E-state index contributed by atoms with van der Waals surface area (Å²) < 4.78 is 18.3. The Morgan fingerprint density at radius 2 is 1.17 bits per heavy atom. The molecule has 0 aromatic carbocycles. The first-order valence-electron chi connectivity index (χ1n) is 0.642. The van der Waals surface area contributed by atoms with Gasteiger partial charge in [0.05, 0.1) is 0 Å². The molecule has 0 saturated carbocycles. The second-order valence-corrected chi connectivity index (χ2v) is 4.05. The zero-order chi connectivity index (χ0) is 4.50. The minimum Gasteiger partial charge on any atom is -0.195 e. The van der Waals surface area contributed by atoms with Crippen molar-refractivity contribution in [2.45, 2.75) is 7.43 Å². The quantitative estimate of drug-likeness (QED) is 0.489. The molecule has 2 nitrogen and oxygen atoms in total. The van der Waals surface area contributed by atoms with E-state index < -0.39 is 8.26 Å². The predicted molar refractivity (Wildman–Crippen MR) is 27.4 cm³/mol. The molecule has 0 aliphatic heterocycles. The van der Waals surface area contributed by atoms with Crippen LogP contribution >= 0.6 is 21.4 Å². The zero-order valence-corrected chi connectivity index (χ0v) is 4.31. The van der Waals surface area contributed by atoms with Gasteiger partial charge < -0.3 is 0 Å². The molecule has 0 radical (unpaired) electrons. The first-order valence-corrected chi connectivity index (χ1v) is 3.78. The van der Waals surface area contributed by atoms with E-state index in [0.29, 0.717) is 0 Å². The lowest BCUT2D eigenvalue weighted by Gasteiger charge is -1.61. The Bertz CT molecular complexity index is 94.7. The van der Waals surface area contributed by atoms with Crippen molar-refractivity contribution in [1.82, 2.24) is 0 Å². The fourth-order valence-electron chi connectivity index (χ4n) is 0. The fraction of sp³-hybridized carbons (Fsp3) is 1.00. The van der Waals surface area contributed by atoms with Gasteiger partial charge in [0.25, 0.3) is 0 Å². The normalized spacial score (nSPS) is 9.67. The van der Waals surface area contributed by atoms with Crippen LogP contribution in [0.5, 0.6) is 0 Å². The van der Waals surface area contributed by atoms with Crippen LogP contribution in [0.2, 0.25) is 0 Å². The van der Waals surface area contributed by atoms with E-state index in [1.54, 1.807) is 0 Å². The molecule has 0 amide bonds. The second-order valence-electron chi connectivity index (χ2n) is 0.378. The molecular formula is CH4Cl2O2S. The lowest BCUT2D eigenvalue weighted by atomic mass is 12.0. The van der Waals surface area contributed by atoms with Crippen molar-refractivity contribution in [2.24, 2.45) is 0 Å². The average molecular weight is 151 g/mol. The van der Waals surface area contributed by atoms with Gasteiger partial charge in [-0.05, 0) is 0 Å². The summed E-state index contributed by atoms with van der Waals surface area (Å²) in [5.74, 6) is 0. The molecule has 0 bridgehead atoms. The van der Waals surface area contributed by atoms with Gasteiger partial charge in [0.15, 0.2) is 0 Å². The Kier molecular flexibility index (Phi) is 4.32. The SMILES string of the molecule is C.O=S(=O)(Cl)Cl. The average Bonchev–Trinajstić information content (AvgIpc) is 0.722. The first-order chi connectivity index (χ1) is 2.00. The third kappa shape index (κ3) is 201. The van der Waals surface area contributed by atoms with E-state index in [1.165, 1.54) is 0 Å². The Balaban J connectivity index is 0. The molecule has 0 heterocycles. The third-order valence-corrected chi connectivity index (χ3v) is 0. The molecule has 0 aliphatic carbocycles. The smallest absolute Gasteiger partial charge is 0.195 e. The van der Waals surface area contributed by atoms with Crippen LogP contribution in [-0.4, -0.2) is 8.42 Å². The molecule has 0 rings (SSSR count). The van der Waals surface area contributed by atoms with Gasteiger partial charge in [-0.15, -0.1) is 0 Å². The van der Waals surface area contributed by atoms with Crippen molar-refractivity contribution in [2.75, 3.05) is 0 Å². The highest BCUT2D eigenvalue weighted by molar-refractivity contribution is 8.31. The van der Waals surface area contributed by atoms with E-state index >= 15 is 0 Å². The van der Waals surface area contributed by atoms with Crippen LogP contribution in [0.4, 0.5) is 0 Å². The second kappa shape index (κ2) is 2.66. The topological polar surface area (TPSA) is 34.1 Å². The molecule has 0 spiro atoms. The highest BCUT2D eigenvalue weighted by Crippen LogP contribution is 1.98. The van der Waals surface area contributed by atoms with Crippen molar-refractivity contribution in [3.63, 3.8) is 0 Å². The fourth-order valence-corrected chi connectivity index (χ4v) is 0. The number of hydrogen-bond donors (Lipinski definition) is 0. The summed E-state index contributed by atoms with van der Waals surface area (Å²) in [7, 11) is 4.81. The molecule has 0 fully saturated rings. The molecule has 0 unspecified atom stereocenters. The van der Waals surface area contributed by atoms with Crippen molar-refractivity contribution >= 4 is 29.6 Å². The van der Waals surface area contributed by atoms with Gasteiger partial charge in [0.2, 0.25) is 0 Å². The maximum absolute atomic E-state index is 9.16. The summed E-state index contributed by atoms with van der Waals surface area (Å²) >= 11 is 0. The molecule has 0 aromatic heterocycles. The van der Waals surface area contributed by atoms with Crippen LogP contribution in [0.25, 0.3) is 0 Å². The van der Waals surface area contributed by atoms with Crippen LogP contribution in [0.1, 0.15) is 7.43 Å². The predicted octanol–water partition coefficient (Wildman–Crippen LogP) is 1.34. The largest absolute Gasteiger partial charge is 0.317 e. The standard InChI is InChI=1S/CH4.Cl2O2S/c;1-5(2,3)4/h1H4;. The zero-order valence-electron chi connectivity index (χ0n) is 1.98. The van der Waals surface area contributed by atoms with Crippen molar-refractivity contribution in [3.05, 3.63) is 0 Å². The molecule has 0 aliphatic rings. The van der Waals surface area contributed by atoms with Gasteiger partial charge in [-0.2, -0.15) is 8.42 Å². The van der Waals surface area contributed by atoms with Gasteiger partial charge >= 0.3 is 8.26 Å². The lowest BCUT2D eigenvalue weighted by molar-refractivity contribution is 0.621. The Morgan fingerprint density at radius 3 is 1.17 bits per heavy atom. The van der Waals surface area contributed by atoms with E-state index in [-0.39, 0.29) is 7.43 Å². The van der Waals surface area contributed by atoms with E-state index in [0.717, 1.165) is 0 Å². The first kappa shape index (κ1) is 9.73. The van der Waals surface area contributed by atoms with Crippen molar-refractivity contribution < 1.29 is 8.42 Å². The molecule has 6 heavy (non-hydrogen) atoms. The summed E-state index contributed by atoms with van der Waals surface area (Å²) in [5, 5.41) is 0. The third-order valence-electron chi connectivity index (χ3n) is 0. The lowest BCUT2D eigenvalue weighted by Crippen LogP contribution is -1.63. The summed E-state index contributed by atoms with van der Waals surface area (Å²) in [6, 6.07) is 0. The number of halogens is 2. The van der Waals surface area contributed by atoms with E-state index in [9.17, 15) is 0 Å². The van der Waals surface area contributed by atoms with Crippen LogP contribution in [0.15, 0.2) is 0 Å². The summed E-state index contributed by atoms with van der Waals surface area (Å²) in [6.45, 7) is 0. The highest BCUT2D eigenvalue weighted by atomic mass is 36.0. The maximum atomic E-state index is 9.16. The molecular weight excluding hydrogens is 147 g/mol. The minimum atomic E-state index is -3.72. The molecule has 0 N–H and O–H groups in total. The molecule has 0 aromatic rings. The van der Waals surface area contributed by atoms with Gasteiger partial charge in [-0.1, -0.05) is 7.43 Å². The molecule has 0 atom stereocenters. The van der Waals surface area contributed by atoms with Crippen molar-refractivity contribution in [1.29, 1.82) is 0 Å². The van der Waals surface area contributed by atoms with E-state index in [2.05, 4.69) is 21.4 Å². The number of rotatable bonds is 0. The highest BCUT2D eigenvalue weighted by Gasteiger charge is 1.88. The van der Waals surface area contributed by atoms with Crippen LogP contribution in [0, 0.1) is 0 Å². The van der Waals surface area contributed by atoms with E-state index in [1.807, 2.05) is 0 Å². The summed E-state index contributed by atoms with van der Waals surface area (Å²) in [5.41, 5.74) is 0. The summed E-state index contributed by atoms with van der Waals surface area (Å²) in [4.78, 5) is 0. The molecule has 40 valence electrons. The van der Waals surface area contributed by atoms with Gasteiger partial charge in [-0.3, -0.25) is 0 Å². The van der Waals surface area contributed by atoms with Gasteiger partial charge in [-0.25, -0.2) is 0 Å². The molecule has 0 saturated heterocycles. The van der Waals surface area contributed by atoms with Crippen LogP contribution < -0.4 is 0 Å². The monoisotopic (exact) mass is 150 g/mol. The van der Waals surface area contributed by atoms with Gasteiger partial charge in [0, 0.05) is 21.4 Å².